The summed E-state index contributed by atoms with van der Waals surface area (Å²) >= 11 is 0. The second-order valence-electron chi connectivity index (χ2n) is 13.4. The van der Waals surface area contributed by atoms with Crippen LogP contribution >= 0.6 is 7.92 Å². The molecular weight excluding hydrogens is 617 g/mol. The Kier molecular flexibility index (Phi) is 5.42. The second kappa shape index (κ2) is 9.72. The second-order valence-corrected chi connectivity index (χ2v) is 15.4. The van der Waals surface area contributed by atoms with Crippen LogP contribution in [0.5, 0.6) is 23.0 Å². The Balaban J connectivity index is 1.20. The molecule has 0 saturated carbocycles. The SMILES string of the molecule is Cc1ccc2c3c1Oc1cccc4c1P3c1c(ccc(C)c1O4)N2c1ccc2c(c1)-c1ccccc1C2(c1ccccc1)c1ccccc1. The number of hydrogen-bond acceptors (Lipinski definition) is 3. The van der Waals surface area contributed by atoms with Gasteiger partial charge in [0.1, 0.15) is 23.0 Å². The van der Waals surface area contributed by atoms with Gasteiger partial charge >= 0.3 is 0 Å². The van der Waals surface area contributed by atoms with E-state index in [0.717, 1.165) is 39.8 Å². The Morgan fingerprint density at radius 1 is 0.490 bits per heavy atom. The summed E-state index contributed by atoms with van der Waals surface area (Å²) in [6, 6.07) is 53.3. The molecular formula is C45H30NO2P. The predicted octanol–water partition coefficient (Wildman–Crippen LogP) is 10.4. The van der Waals surface area contributed by atoms with Gasteiger partial charge in [0.2, 0.25) is 0 Å². The van der Waals surface area contributed by atoms with Gasteiger partial charge in [-0.25, -0.2) is 0 Å². The molecule has 0 aromatic heterocycles. The minimum Gasteiger partial charge on any atom is -0.455 e. The third kappa shape index (κ3) is 3.41. The van der Waals surface area contributed by atoms with E-state index in [9.17, 15) is 0 Å². The van der Waals surface area contributed by atoms with Crippen LogP contribution in [0, 0.1) is 13.8 Å². The Hall–Kier alpha value is -5.63. The Morgan fingerprint density at radius 3 is 1.65 bits per heavy atom. The fourth-order valence-electron chi connectivity index (χ4n) is 8.80. The Bertz CT molecular complexity index is 2420. The summed E-state index contributed by atoms with van der Waals surface area (Å²) < 4.78 is 13.5. The molecule has 3 nitrogen and oxygen atoms in total. The van der Waals surface area contributed by atoms with Crippen molar-refractivity contribution < 1.29 is 9.47 Å². The van der Waals surface area contributed by atoms with Gasteiger partial charge in [-0.15, -0.1) is 0 Å². The highest BCUT2D eigenvalue weighted by Crippen LogP contribution is 2.62. The van der Waals surface area contributed by atoms with E-state index < -0.39 is 13.3 Å². The Morgan fingerprint density at radius 2 is 1.04 bits per heavy atom. The van der Waals surface area contributed by atoms with Crippen molar-refractivity contribution in [3.05, 3.63) is 179 Å². The van der Waals surface area contributed by atoms with Crippen LogP contribution in [0.1, 0.15) is 33.4 Å². The first kappa shape index (κ1) is 27.3. The van der Waals surface area contributed by atoms with E-state index >= 15 is 0 Å². The van der Waals surface area contributed by atoms with Crippen molar-refractivity contribution in [3.8, 4) is 34.1 Å². The molecule has 232 valence electrons. The highest BCUT2D eigenvalue weighted by molar-refractivity contribution is 7.81. The molecule has 1 aliphatic carbocycles. The summed E-state index contributed by atoms with van der Waals surface area (Å²) in [6.45, 7) is 4.33. The molecule has 0 N–H and O–H groups in total. The van der Waals surface area contributed by atoms with Crippen LogP contribution in [0.25, 0.3) is 11.1 Å². The van der Waals surface area contributed by atoms with E-state index in [2.05, 4.69) is 158 Å². The van der Waals surface area contributed by atoms with E-state index in [1.165, 1.54) is 60.7 Å². The standard InChI is InChI=1S/C45H30NO2P/c1-27-20-24-36-42-40(27)47-38-18-11-19-39-44(38)49(42)43-37(25-21-28(2)41(43)48-39)46(36)31-22-23-35-33(26-31)32-16-9-10-17-34(32)45(35,29-12-5-3-6-13-29)30-14-7-4-8-15-30/h3-26H,1-2H3. The van der Waals surface area contributed by atoms with Gasteiger partial charge in [0.25, 0.3) is 0 Å². The quantitative estimate of drug-likeness (QED) is 0.178. The maximum Gasteiger partial charge on any atom is 0.140 e. The third-order valence-electron chi connectivity index (χ3n) is 10.9. The van der Waals surface area contributed by atoms with Gasteiger partial charge in [-0.3, -0.25) is 0 Å². The van der Waals surface area contributed by atoms with Gasteiger partial charge in [-0.2, -0.15) is 0 Å². The lowest BCUT2D eigenvalue weighted by Gasteiger charge is -2.44. The monoisotopic (exact) mass is 647 g/mol. The number of nitrogens with zero attached hydrogens (tertiary/aromatic N) is 1. The first-order chi connectivity index (χ1) is 24.1. The summed E-state index contributed by atoms with van der Waals surface area (Å²) in [7, 11) is -0.868. The Labute approximate surface area is 286 Å². The van der Waals surface area contributed by atoms with Crippen molar-refractivity contribution in [1.82, 2.24) is 0 Å². The zero-order valence-electron chi connectivity index (χ0n) is 27.1. The molecule has 7 aromatic carbocycles. The lowest BCUT2D eigenvalue weighted by molar-refractivity contribution is 0.463. The molecule has 11 rings (SSSR count). The number of ether oxygens (including phenoxy) is 2. The van der Waals surface area contributed by atoms with Crippen molar-refractivity contribution in [2.75, 3.05) is 4.90 Å². The molecule has 7 aromatic rings. The van der Waals surface area contributed by atoms with Crippen LogP contribution in [0.2, 0.25) is 0 Å². The highest BCUT2D eigenvalue weighted by atomic mass is 31.1. The van der Waals surface area contributed by atoms with Crippen LogP contribution in [-0.4, -0.2) is 0 Å². The lowest BCUT2D eigenvalue weighted by atomic mass is 9.68. The molecule has 0 saturated heterocycles. The molecule has 3 heterocycles. The zero-order chi connectivity index (χ0) is 32.4. The highest BCUT2D eigenvalue weighted by Gasteiger charge is 2.48. The molecule has 0 atom stereocenters. The molecule has 0 fully saturated rings. The first-order valence-electron chi connectivity index (χ1n) is 16.9. The summed E-state index contributed by atoms with van der Waals surface area (Å²) in [5, 5.41) is 3.75. The number of rotatable bonds is 3. The minimum atomic E-state index is -0.868. The average Bonchev–Trinajstić information content (AvgIpc) is 3.45. The number of aryl methyl sites for hydroxylation is 2. The lowest BCUT2D eigenvalue weighted by Crippen LogP contribution is -2.40. The largest absolute Gasteiger partial charge is 0.455 e. The first-order valence-corrected chi connectivity index (χ1v) is 18.2. The van der Waals surface area contributed by atoms with Gasteiger partial charge in [0.15, 0.2) is 0 Å². The van der Waals surface area contributed by atoms with Crippen LogP contribution in [0.3, 0.4) is 0 Å². The fraction of sp³-hybridized carbons (Fsp3) is 0.0667. The molecule has 49 heavy (non-hydrogen) atoms. The summed E-state index contributed by atoms with van der Waals surface area (Å²) in [5.74, 6) is 3.79. The fourth-order valence-corrected chi connectivity index (χ4v) is 11.8. The summed E-state index contributed by atoms with van der Waals surface area (Å²) in [6.07, 6.45) is 0. The van der Waals surface area contributed by atoms with Gasteiger partial charge in [0, 0.05) is 13.6 Å². The molecule has 0 unspecified atom stereocenters. The minimum absolute atomic E-state index is 0.433. The molecule has 0 amide bonds. The van der Waals surface area contributed by atoms with Gasteiger partial charge < -0.3 is 14.4 Å². The summed E-state index contributed by atoms with van der Waals surface area (Å²) in [4.78, 5) is 2.45. The van der Waals surface area contributed by atoms with Gasteiger partial charge in [0.05, 0.1) is 32.7 Å². The van der Waals surface area contributed by atoms with Crippen LogP contribution < -0.4 is 30.3 Å². The molecule has 0 radical (unpaired) electrons. The number of fused-ring (bicyclic) bond motifs is 3. The van der Waals surface area contributed by atoms with E-state index in [0.29, 0.717) is 0 Å². The topological polar surface area (TPSA) is 21.7 Å². The third-order valence-corrected chi connectivity index (χ3v) is 13.5. The molecule has 0 spiro atoms. The molecule has 0 bridgehead atoms. The molecule has 4 heteroatoms. The zero-order valence-corrected chi connectivity index (χ0v) is 28.0. The van der Waals surface area contributed by atoms with Gasteiger partial charge in [-0.05, 0) is 94.8 Å². The summed E-state index contributed by atoms with van der Waals surface area (Å²) in [5.41, 5.74) is 13.0. The van der Waals surface area contributed by atoms with Crippen molar-refractivity contribution in [1.29, 1.82) is 0 Å². The van der Waals surface area contributed by atoms with Crippen LogP contribution in [-0.2, 0) is 5.41 Å². The number of benzene rings is 7. The normalized spacial score (nSPS) is 15.1. The predicted molar refractivity (Wildman–Crippen MR) is 200 cm³/mol. The van der Waals surface area contributed by atoms with Crippen LogP contribution in [0.15, 0.2) is 146 Å². The van der Waals surface area contributed by atoms with Crippen molar-refractivity contribution in [2.24, 2.45) is 0 Å². The number of anilines is 3. The van der Waals surface area contributed by atoms with Crippen molar-refractivity contribution in [2.45, 2.75) is 19.3 Å². The van der Waals surface area contributed by atoms with Crippen LogP contribution in [0.4, 0.5) is 17.1 Å². The number of hydrogen-bond donors (Lipinski definition) is 0. The van der Waals surface area contributed by atoms with Gasteiger partial charge in [-0.1, -0.05) is 109 Å². The van der Waals surface area contributed by atoms with Crippen molar-refractivity contribution >= 4 is 40.9 Å². The van der Waals surface area contributed by atoms with E-state index in [1.54, 1.807) is 0 Å². The molecule has 4 aliphatic rings. The maximum atomic E-state index is 6.75. The van der Waals surface area contributed by atoms with E-state index in [1.807, 2.05) is 6.07 Å². The van der Waals surface area contributed by atoms with Crippen molar-refractivity contribution in [3.63, 3.8) is 0 Å². The van der Waals surface area contributed by atoms with E-state index in [-0.39, 0.29) is 0 Å². The molecule has 3 aliphatic heterocycles. The van der Waals surface area contributed by atoms with E-state index in [4.69, 9.17) is 9.47 Å². The maximum absolute atomic E-state index is 6.75. The smallest absolute Gasteiger partial charge is 0.140 e. The average molecular weight is 648 g/mol.